The van der Waals surface area contributed by atoms with Gasteiger partial charge in [0.1, 0.15) is 29.5 Å². The Hall–Kier alpha value is -5.36. The number of benzene rings is 2. The van der Waals surface area contributed by atoms with Crippen LogP contribution in [0.2, 0.25) is 0 Å². The number of rotatable bonds is 7. The predicted molar refractivity (Wildman–Crippen MR) is 258 cm³/mol. The van der Waals surface area contributed by atoms with Crippen molar-refractivity contribution in [3.63, 3.8) is 0 Å². The Labute approximate surface area is 388 Å². The molecule has 1 unspecified atom stereocenters. The maximum atomic E-state index is 13.8. The molecular weight excluding hydrogens is 861 g/mol. The van der Waals surface area contributed by atoms with E-state index in [-0.39, 0.29) is 12.6 Å². The number of carbonyl (C=O) groups is 1. The average Bonchev–Trinajstić information content (AvgIpc) is 3.93. The highest BCUT2D eigenvalue weighted by atomic mass is 32.2. The fraction of sp³-hybridized carbons (Fsp3) is 0.458. The molecule has 15 nitrogen and oxygen atoms in total. The molecule has 0 saturated carbocycles. The van der Waals surface area contributed by atoms with E-state index in [1.807, 2.05) is 71.8 Å². The lowest BCUT2D eigenvalue weighted by Crippen LogP contribution is -2.49. The Morgan fingerprint density at radius 2 is 1.75 bits per heavy atom. The van der Waals surface area contributed by atoms with Gasteiger partial charge in [-0.05, 0) is 105 Å². The molecule has 3 aliphatic heterocycles. The maximum Gasteiger partial charge on any atom is 0.354 e. The fourth-order valence-corrected chi connectivity index (χ4v) is 11.6. The van der Waals surface area contributed by atoms with Gasteiger partial charge in [0.2, 0.25) is 0 Å². The largest absolute Gasteiger partial charge is 0.491 e. The topological polar surface area (TPSA) is 137 Å². The Balaban J connectivity index is 1.06. The first kappa shape index (κ1) is 44.8. The summed E-state index contributed by atoms with van der Waals surface area (Å²) < 4.78 is 40.9. The molecule has 6 heterocycles. The molecule has 1 N–H and O–H groups in total. The van der Waals surface area contributed by atoms with E-state index in [9.17, 15) is 9.00 Å². The number of fused-ring (bicyclic) bond motifs is 8. The quantitative estimate of drug-likeness (QED) is 0.181. The van der Waals surface area contributed by atoms with Crippen molar-refractivity contribution in [2.24, 2.45) is 26.1 Å². The number of hydrogen-bond donors (Lipinski definition) is 1. The summed E-state index contributed by atoms with van der Waals surface area (Å²) in [5, 5.41) is 13.6. The smallest absolute Gasteiger partial charge is 0.354 e. The number of methoxy groups -OCH3 is 1. The zero-order valence-electron chi connectivity index (χ0n) is 38.6. The number of allylic oxidation sites excluding steroid dienone is 1. The van der Waals surface area contributed by atoms with Crippen LogP contribution in [0, 0.1) is 0 Å². The van der Waals surface area contributed by atoms with Gasteiger partial charge in [-0.1, -0.05) is 5.57 Å². The molecule has 1 fully saturated rings. The van der Waals surface area contributed by atoms with E-state index in [0.29, 0.717) is 25.3 Å². The van der Waals surface area contributed by atoms with E-state index in [1.165, 1.54) is 23.1 Å². The Morgan fingerprint density at radius 1 is 0.954 bits per heavy atom. The van der Waals surface area contributed by atoms with Crippen LogP contribution in [0.4, 0.5) is 11.4 Å². The van der Waals surface area contributed by atoms with Crippen LogP contribution in [0.25, 0.3) is 5.57 Å². The second-order valence-electron chi connectivity index (χ2n) is 17.4. The van der Waals surface area contributed by atoms with Crippen LogP contribution in [0.5, 0.6) is 11.5 Å². The van der Waals surface area contributed by atoms with Gasteiger partial charge in [0.05, 0.1) is 43.0 Å². The SMILES string of the molecule is COC(=O)c1c2c3c(n1C)C(=C(C)CC3)c1c(COc3ccc(N4CCN(S(=O)N(C)C)CC4)cc3)nn(C)c1C=NCc1cc(n(C)n1)CSc1cc3c(c(c1)OCCC2)NCCC3. The van der Waals surface area contributed by atoms with E-state index in [1.54, 1.807) is 16.1 Å². The van der Waals surface area contributed by atoms with Crippen molar-refractivity contribution in [2.45, 2.75) is 69.2 Å². The lowest BCUT2D eigenvalue weighted by Gasteiger charge is -2.36. The molecule has 2 aromatic carbocycles. The number of hydrogen-bond acceptors (Lipinski definition) is 11. The minimum Gasteiger partial charge on any atom is -0.491 e. The van der Waals surface area contributed by atoms with Crippen molar-refractivity contribution in [3.05, 3.63) is 104 Å². The van der Waals surface area contributed by atoms with Gasteiger partial charge in [0, 0.05) is 107 Å². The molecule has 0 amide bonds. The Bertz CT molecular complexity index is 2670. The number of carbonyl (C=O) groups excluding carboxylic acids is 1. The number of aryl methyl sites for hydroxylation is 3. The second kappa shape index (κ2) is 19.2. The zero-order valence-corrected chi connectivity index (χ0v) is 40.2. The minimum absolute atomic E-state index is 0.219. The first-order chi connectivity index (χ1) is 31.5. The molecule has 17 heteroatoms. The lowest BCUT2D eigenvalue weighted by atomic mass is 9.84. The summed E-state index contributed by atoms with van der Waals surface area (Å²) >= 11 is 0.661. The molecular formula is C48H60N10O5S2. The van der Waals surface area contributed by atoms with E-state index < -0.39 is 11.2 Å². The standard InChI is InChI=1S/C48H60N10O5S2/c1-31-12-17-39-38-11-9-23-62-42-26-37(24-32-10-8-18-50-45(32)42)64-30-35-25-33(51-55(35)5)27-49-28-41-44(43(31)46(39)54(4)47(38)48(59)61-7)40(52-56(41)6)29-63-36-15-13-34(14-16-36)57-19-21-58(22-20-57)65(60)53(2)3/h13-16,24-26,28,50H,8-12,17-23,27,29-30H2,1-7H3. The number of ether oxygens (including phenoxy) is 3. The number of aromatic nitrogens is 5. The summed E-state index contributed by atoms with van der Waals surface area (Å²) in [5.74, 6) is 2.02. The number of anilines is 2. The average molecular weight is 921 g/mol. The van der Waals surface area contributed by atoms with Crippen molar-refractivity contribution in [1.29, 1.82) is 0 Å². The minimum atomic E-state index is -1.13. The monoisotopic (exact) mass is 920 g/mol. The molecule has 0 spiro atoms. The van der Waals surface area contributed by atoms with E-state index in [2.05, 4.69) is 47.5 Å². The van der Waals surface area contributed by atoms with E-state index >= 15 is 0 Å². The Kier molecular flexibility index (Phi) is 13.3. The van der Waals surface area contributed by atoms with E-state index in [4.69, 9.17) is 29.4 Å². The second-order valence-corrected chi connectivity index (χ2v) is 20.1. The summed E-state index contributed by atoms with van der Waals surface area (Å²) in [4.78, 5) is 22.3. The van der Waals surface area contributed by atoms with Crippen LogP contribution < -0.4 is 19.7 Å². The van der Waals surface area contributed by atoms with Crippen LogP contribution in [0.1, 0.15) is 87.4 Å². The zero-order chi connectivity index (χ0) is 45.4. The Morgan fingerprint density at radius 3 is 2.52 bits per heavy atom. The molecule has 0 radical (unpaired) electrons. The highest BCUT2D eigenvalue weighted by Gasteiger charge is 2.34. The van der Waals surface area contributed by atoms with Gasteiger partial charge in [0.15, 0.2) is 11.2 Å². The molecule has 8 bridgehead atoms. The summed E-state index contributed by atoms with van der Waals surface area (Å²) in [6.45, 7) is 7.25. The summed E-state index contributed by atoms with van der Waals surface area (Å²) in [7, 11) is 11.1. The van der Waals surface area contributed by atoms with Crippen LogP contribution >= 0.6 is 11.8 Å². The van der Waals surface area contributed by atoms with Gasteiger partial charge in [0.25, 0.3) is 0 Å². The van der Waals surface area contributed by atoms with Gasteiger partial charge in [-0.3, -0.25) is 14.4 Å². The van der Waals surface area contributed by atoms with Crippen LogP contribution in [-0.2, 0) is 75.2 Å². The number of nitrogens with one attached hydrogen (secondary N) is 1. The predicted octanol–water partition coefficient (Wildman–Crippen LogP) is 6.48. The normalized spacial score (nSPS) is 17.4. The third kappa shape index (κ3) is 9.12. The number of thioether (sulfide) groups is 1. The third-order valence-electron chi connectivity index (χ3n) is 13.0. The molecule has 65 heavy (non-hydrogen) atoms. The molecule has 1 atom stereocenters. The number of esters is 1. The molecule has 3 aromatic heterocycles. The number of piperazine rings is 1. The van der Waals surface area contributed by atoms with Crippen LogP contribution in [-0.4, -0.2) is 110 Å². The van der Waals surface area contributed by atoms with Crippen molar-refractivity contribution < 1.29 is 23.2 Å². The van der Waals surface area contributed by atoms with Crippen LogP contribution in [0.15, 0.2) is 57.9 Å². The van der Waals surface area contributed by atoms with E-state index in [0.717, 1.165) is 144 Å². The molecule has 9 rings (SSSR count). The lowest BCUT2D eigenvalue weighted by molar-refractivity contribution is 0.0588. The van der Waals surface area contributed by atoms with Crippen molar-refractivity contribution in [2.75, 3.05) is 70.8 Å². The van der Waals surface area contributed by atoms with Crippen molar-refractivity contribution in [1.82, 2.24) is 32.7 Å². The summed E-state index contributed by atoms with van der Waals surface area (Å²) in [5.41, 5.74) is 14.0. The first-order valence-electron chi connectivity index (χ1n) is 22.5. The van der Waals surface area contributed by atoms with Gasteiger partial charge < -0.3 is 29.0 Å². The highest BCUT2D eigenvalue weighted by Crippen LogP contribution is 2.43. The number of aliphatic imine (C=N–C) groups is 1. The molecule has 344 valence electrons. The van der Waals surface area contributed by atoms with Crippen molar-refractivity contribution in [3.8, 4) is 11.5 Å². The van der Waals surface area contributed by atoms with Gasteiger partial charge in [-0.2, -0.15) is 10.2 Å². The maximum absolute atomic E-state index is 13.8. The molecule has 1 saturated heterocycles. The first-order valence-corrected chi connectivity index (χ1v) is 24.6. The third-order valence-corrected chi connectivity index (χ3v) is 15.4. The summed E-state index contributed by atoms with van der Waals surface area (Å²) in [6.07, 6.45) is 7.01. The van der Waals surface area contributed by atoms with Gasteiger partial charge in [-0.15, -0.1) is 11.8 Å². The fourth-order valence-electron chi connectivity index (χ4n) is 9.67. The van der Waals surface area contributed by atoms with Gasteiger partial charge in [-0.25, -0.2) is 17.6 Å². The van der Waals surface area contributed by atoms with Crippen LogP contribution in [0.3, 0.4) is 0 Å². The van der Waals surface area contributed by atoms with Crippen molar-refractivity contribution >= 4 is 52.1 Å². The summed E-state index contributed by atoms with van der Waals surface area (Å²) in [6, 6.07) is 14.8. The molecule has 1 aliphatic carbocycles. The number of nitrogens with zero attached hydrogens (tertiary/aromatic N) is 9. The van der Waals surface area contributed by atoms with Gasteiger partial charge >= 0.3 is 5.97 Å². The highest BCUT2D eigenvalue weighted by molar-refractivity contribution is 7.98. The molecule has 4 aliphatic rings. The molecule has 5 aromatic rings.